The number of hydrogen-bond donors (Lipinski definition) is 2. The van der Waals surface area contributed by atoms with E-state index in [2.05, 4.69) is 5.32 Å². The summed E-state index contributed by atoms with van der Waals surface area (Å²) >= 11 is 12.0. The van der Waals surface area contributed by atoms with Gasteiger partial charge in [-0.05, 0) is 60.2 Å². The van der Waals surface area contributed by atoms with Gasteiger partial charge in [0.05, 0.1) is 13.5 Å². The van der Waals surface area contributed by atoms with E-state index in [0.29, 0.717) is 27.1 Å². The molecule has 31 heavy (non-hydrogen) atoms. The molecular formula is C21H18Cl2N2O5S. The lowest BCUT2D eigenvalue weighted by molar-refractivity contribution is -0.115. The summed E-state index contributed by atoms with van der Waals surface area (Å²) in [5.74, 6) is 0.572. The normalized spacial score (nSPS) is 11.1. The van der Waals surface area contributed by atoms with Crippen LogP contribution in [0, 0.1) is 0 Å². The van der Waals surface area contributed by atoms with Crippen LogP contribution in [-0.2, 0) is 21.2 Å². The molecule has 7 nitrogen and oxygen atoms in total. The second-order valence-electron chi connectivity index (χ2n) is 6.44. The number of amides is 1. The number of anilines is 1. The van der Waals surface area contributed by atoms with Crippen LogP contribution in [0.15, 0.2) is 65.6 Å². The SMILES string of the molecule is COc1ccc(CC(=O)Nc2ccc(Oc3ccc(Cl)cc3)c(S(N)(=O)=O)c2)c(Cl)c1. The molecule has 0 aliphatic heterocycles. The summed E-state index contributed by atoms with van der Waals surface area (Å²) in [6.45, 7) is 0. The van der Waals surface area contributed by atoms with E-state index in [1.54, 1.807) is 42.5 Å². The van der Waals surface area contributed by atoms with Crippen molar-refractivity contribution in [1.29, 1.82) is 0 Å². The van der Waals surface area contributed by atoms with Gasteiger partial charge >= 0.3 is 0 Å². The van der Waals surface area contributed by atoms with Crippen molar-refractivity contribution in [2.24, 2.45) is 5.14 Å². The number of nitrogens with two attached hydrogens (primary N) is 1. The number of rotatable bonds is 7. The molecule has 0 atom stereocenters. The molecule has 1 amide bonds. The molecule has 10 heteroatoms. The maximum Gasteiger partial charge on any atom is 0.241 e. The maximum atomic E-state index is 12.4. The number of carbonyl (C=O) groups excluding carboxylic acids is 1. The highest BCUT2D eigenvalue weighted by atomic mass is 35.5. The Morgan fingerprint density at radius 3 is 2.29 bits per heavy atom. The van der Waals surface area contributed by atoms with Crippen LogP contribution in [-0.4, -0.2) is 21.4 Å². The second kappa shape index (κ2) is 9.57. The smallest absolute Gasteiger partial charge is 0.241 e. The van der Waals surface area contributed by atoms with Crippen LogP contribution in [0.25, 0.3) is 0 Å². The first-order valence-corrected chi connectivity index (χ1v) is 11.2. The fraction of sp³-hybridized carbons (Fsp3) is 0.0952. The van der Waals surface area contributed by atoms with Crippen LogP contribution in [0.2, 0.25) is 10.0 Å². The topological polar surface area (TPSA) is 108 Å². The predicted molar refractivity (Wildman–Crippen MR) is 120 cm³/mol. The predicted octanol–water partition coefficient (Wildman–Crippen LogP) is 4.62. The molecule has 0 heterocycles. The van der Waals surface area contributed by atoms with Crippen molar-refractivity contribution in [2.75, 3.05) is 12.4 Å². The van der Waals surface area contributed by atoms with Crippen LogP contribution >= 0.6 is 23.2 Å². The lowest BCUT2D eigenvalue weighted by Crippen LogP contribution is -2.17. The van der Waals surface area contributed by atoms with E-state index in [0.717, 1.165) is 0 Å². The minimum absolute atomic E-state index is 0.0148. The number of methoxy groups -OCH3 is 1. The quantitative estimate of drug-likeness (QED) is 0.512. The van der Waals surface area contributed by atoms with Crippen molar-refractivity contribution < 1.29 is 22.7 Å². The lowest BCUT2D eigenvalue weighted by Gasteiger charge is -2.13. The van der Waals surface area contributed by atoms with Gasteiger partial charge in [-0.3, -0.25) is 4.79 Å². The summed E-state index contributed by atoms with van der Waals surface area (Å²) in [6, 6.07) is 15.5. The zero-order valence-corrected chi connectivity index (χ0v) is 18.6. The highest BCUT2D eigenvalue weighted by Crippen LogP contribution is 2.31. The Balaban J connectivity index is 1.80. The first-order valence-electron chi connectivity index (χ1n) is 8.88. The third-order valence-corrected chi connectivity index (χ3v) is 5.72. The molecule has 0 bridgehead atoms. The van der Waals surface area contributed by atoms with Gasteiger partial charge < -0.3 is 14.8 Å². The number of sulfonamides is 1. The number of nitrogens with one attached hydrogen (secondary N) is 1. The van der Waals surface area contributed by atoms with Gasteiger partial charge in [0.2, 0.25) is 15.9 Å². The maximum absolute atomic E-state index is 12.4. The number of primary sulfonamides is 1. The third kappa shape index (κ3) is 6.11. The van der Waals surface area contributed by atoms with Crippen molar-refractivity contribution in [2.45, 2.75) is 11.3 Å². The number of carbonyl (C=O) groups is 1. The molecule has 3 N–H and O–H groups in total. The Morgan fingerprint density at radius 1 is 1.00 bits per heavy atom. The van der Waals surface area contributed by atoms with Crippen LogP contribution in [0.1, 0.15) is 5.56 Å². The third-order valence-electron chi connectivity index (χ3n) is 4.19. The molecule has 0 saturated heterocycles. The minimum atomic E-state index is -4.13. The molecule has 3 aromatic carbocycles. The average Bonchev–Trinajstić information content (AvgIpc) is 2.71. The van der Waals surface area contributed by atoms with Crippen LogP contribution < -0.4 is 19.9 Å². The lowest BCUT2D eigenvalue weighted by atomic mass is 10.1. The van der Waals surface area contributed by atoms with Gasteiger partial charge in [0.1, 0.15) is 22.1 Å². The summed E-state index contributed by atoms with van der Waals surface area (Å²) in [5.41, 5.74) is 0.830. The van der Waals surface area contributed by atoms with Gasteiger partial charge in [0, 0.05) is 15.7 Å². The van der Waals surface area contributed by atoms with Crippen molar-refractivity contribution in [3.05, 3.63) is 76.3 Å². The summed E-state index contributed by atoms with van der Waals surface area (Å²) in [7, 11) is -2.62. The molecule has 0 aromatic heterocycles. The number of ether oxygens (including phenoxy) is 2. The summed E-state index contributed by atoms with van der Waals surface area (Å²) < 4.78 is 34.8. The average molecular weight is 481 g/mol. The molecular weight excluding hydrogens is 463 g/mol. The van der Waals surface area contributed by atoms with Crippen LogP contribution in [0.5, 0.6) is 17.2 Å². The van der Waals surface area contributed by atoms with Crippen molar-refractivity contribution in [3.63, 3.8) is 0 Å². The Labute approximate surface area is 189 Å². The van der Waals surface area contributed by atoms with E-state index in [-0.39, 0.29) is 28.7 Å². The van der Waals surface area contributed by atoms with Crippen molar-refractivity contribution >= 4 is 44.8 Å². The molecule has 3 aromatic rings. The largest absolute Gasteiger partial charge is 0.497 e. The molecule has 0 saturated carbocycles. The number of halogens is 2. The first kappa shape index (κ1) is 22.9. The summed E-state index contributed by atoms with van der Waals surface area (Å²) in [6.07, 6.45) is -0.0173. The van der Waals surface area contributed by atoms with E-state index in [9.17, 15) is 13.2 Å². The summed E-state index contributed by atoms with van der Waals surface area (Å²) in [4.78, 5) is 12.2. The molecule has 0 aliphatic carbocycles. The van der Waals surface area contributed by atoms with E-state index in [1.807, 2.05) is 0 Å². The summed E-state index contributed by atoms with van der Waals surface area (Å²) in [5, 5.41) is 8.86. The highest BCUT2D eigenvalue weighted by molar-refractivity contribution is 7.89. The van der Waals surface area contributed by atoms with Crippen molar-refractivity contribution in [3.8, 4) is 17.2 Å². The van der Waals surface area contributed by atoms with E-state index in [4.69, 9.17) is 37.8 Å². The van der Waals surface area contributed by atoms with Gasteiger partial charge in [-0.1, -0.05) is 29.3 Å². The number of benzene rings is 3. The molecule has 0 unspecified atom stereocenters. The standard InChI is InChI=1S/C21H18Cl2N2O5S/c1-29-17-6-2-13(18(23)12-17)10-21(26)25-15-5-9-19(20(11-15)31(24,27)28)30-16-7-3-14(22)4-8-16/h2-9,11-12H,10H2,1H3,(H,25,26)(H2,24,27,28). The van der Waals surface area contributed by atoms with Gasteiger partial charge in [-0.25, -0.2) is 13.6 Å². The highest BCUT2D eigenvalue weighted by Gasteiger charge is 2.18. The second-order valence-corrected chi connectivity index (χ2v) is 8.82. The van der Waals surface area contributed by atoms with Gasteiger partial charge in [0.15, 0.2) is 0 Å². The van der Waals surface area contributed by atoms with E-state index < -0.39 is 10.0 Å². The zero-order valence-electron chi connectivity index (χ0n) is 16.3. The van der Waals surface area contributed by atoms with Crippen molar-refractivity contribution in [1.82, 2.24) is 0 Å². The van der Waals surface area contributed by atoms with Gasteiger partial charge in [-0.15, -0.1) is 0 Å². The van der Waals surface area contributed by atoms with E-state index >= 15 is 0 Å². The Bertz CT molecular complexity index is 1210. The molecule has 0 radical (unpaired) electrons. The molecule has 0 spiro atoms. The van der Waals surface area contributed by atoms with E-state index in [1.165, 1.54) is 25.3 Å². The monoisotopic (exact) mass is 480 g/mol. The Morgan fingerprint density at radius 2 is 1.68 bits per heavy atom. The first-order chi connectivity index (χ1) is 14.7. The minimum Gasteiger partial charge on any atom is -0.497 e. The molecule has 162 valence electrons. The van der Waals surface area contributed by atoms with Crippen LogP contribution in [0.3, 0.4) is 0 Å². The Kier molecular flexibility index (Phi) is 7.07. The zero-order chi connectivity index (χ0) is 22.6. The fourth-order valence-electron chi connectivity index (χ4n) is 2.70. The number of hydrogen-bond acceptors (Lipinski definition) is 5. The van der Waals surface area contributed by atoms with Crippen LogP contribution in [0.4, 0.5) is 5.69 Å². The van der Waals surface area contributed by atoms with Gasteiger partial charge in [0.25, 0.3) is 0 Å². The fourth-order valence-corrected chi connectivity index (χ4v) is 3.74. The molecule has 0 aliphatic rings. The van der Waals surface area contributed by atoms with Gasteiger partial charge in [-0.2, -0.15) is 0 Å². The molecule has 3 rings (SSSR count). The Hall–Kier alpha value is -2.78. The molecule has 0 fully saturated rings.